The topological polar surface area (TPSA) is 59.1 Å². The Balaban J connectivity index is 2.52. The van der Waals surface area contributed by atoms with Gasteiger partial charge in [-0.1, -0.05) is 13.8 Å². The first-order chi connectivity index (χ1) is 8.00. The molecule has 0 aliphatic carbocycles. The van der Waals surface area contributed by atoms with Crippen LogP contribution in [-0.4, -0.2) is 12.4 Å². The van der Waals surface area contributed by atoms with E-state index in [1.54, 1.807) is 0 Å². The van der Waals surface area contributed by atoms with Gasteiger partial charge in [0.25, 0.3) is 0 Å². The molecule has 3 N–H and O–H groups in total. The highest BCUT2D eigenvalue weighted by molar-refractivity contribution is 5.95. The zero-order valence-electron chi connectivity index (χ0n) is 10.9. The van der Waals surface area contributed by atoms with Crippen LogP contribution in [0.4, 0.5) is 0 Å². The van der Waals surface area contributed by atoms with Gasteiger partial charge in [-0.15, -0.1) is 0 Å². The third-order valence-electron chi connectivity index (χ3n) is 2.67. The number of hydrogen-bond acceptors (Lipinski definition) is 2. The van der Waals surface area contributed by atoms with Crippen LogP contribution >= 0.6 is 0 Å². The molecule has 3 heteroatoms. The van der Waals surface area contributed by atoms with Crippen LogP contribution < -0.4 is 10.5 Å². The van der Waals surface area contributed by atoms with E-state index in [1.807, 2.05) is 25.1 Å². The fourth-order valence-electron chi connectivity index (χ4n) is 1.65. The number of ether oxygens (including phenoxy) is 1. The predicted molar refractivity (Wildman–Crippen MR) is 71.8 cm³/mol. The lowest BCUT2D eigenvalue weighted by Gasteiger charge is -2.11. The summed E-state index contributed by atoms with van der Waals surface area (Å²) in [6.07, 6.45) is 2.26. The smallest absolute Gasteiger partial charge is 0.122 e. The van der Waals surface area contributed by atoms with Crippen molar-refractivity contribution in [3.05, 3.63) is 29.3 Å². The zero-order chi connectivity index (χ0) is 12.8. The summed E-state index contributed by atoms with van der Waals surface area (Å²) in [6.45, 7) is 7.16. The molecule has 0 saturated carbocycles. The van der Waals surface area contributed by atoms with Crippen LogP contribution in [0.25, 0.3) is 0 Å². The van der Waals surface area contributed by atoms with Gasteiger partial charge in [0, 0.05) is 5.56 Å². The Morgan fingerprint density at radius 2 is 2.12 bits per heavy atom. The van der Waals surface area contributed by atoms with Crippen LogP contribution in [0, 0.1) is 18.3 Å². The molecule has 0 fully saturated rings. The third-order valence-corrected chi connectivity index (χ3v) is 2.67. The average molecular weight is 234 g/mol. The number of nitrogens with two attached hydrogens (primary N) is 1. The van der Waals surface area contributed by atoms with Gasteiger partial charge >= 0.3 is 0 Å². The van der Waals surface area contributed by atoms with Crippen LogP contribution in [0.3, 0.4) is 0 Å². The molecule has 0 spiro atoms. The van der Waals surface area contributed by atoms with Crippen molar-refractivity contribution in [1.29, 1.82) is 5.41 Å². The van der Waals surface area contributed by atoms with Gasteiger partial charge in [-0.3, -0.25) is 5.41 Å². The standard InChI is InChI=1S/C14H22N2O/c1-10(2)5-4-8-17-13-7-6-12(14(15)16)9-11(13)3/h6-7,9-10H,4-5,8H2,1-3H3,(H3,15,16). The lowest BCUT2D eigenvalue weighted by atomic mass is 10.1. The lowest BCUT2D eigenvalue weighted by Crippen LogP contribution is -2.11. The van der Waals surface area contributed by atoms with Crippen molar-refractivity contribution < 1.29 is 4.74 Å². The van der Waals surface area contributed by atoms with Gasteiger partial charge in [-0.05, 0) is 49.4 Å². The molecule has 0 heterocycles. The van der Waals surface area contributed by atoms with Gasteiger partial charge in [-0.2, -0.15) is 0 Å². The molecule has 0 bridgehead atoms. The summed E-state index contributed by atoms with van der Waals surface area (Å²) in [7, 11) is 0. The minimum Gasteiger partial charge on any atom is -0.493 e. The fourth-order valence-corrected chi connectivity index (χ4v) is 1.65. The maximum absolute atomic E-state index is 7.35. The lowest BCUT2D eigenvalue weighted by molar-refractivity contribution is 0.296. The summed E-state index contributed by atoms with van der Waals surface area (Å²) >= 11 is 0. The molecule has 1 aromatic rings. The van der Waals surface area contributed by atoms with E-state index in [0.717, 1.165) is 35.8 Å². The molecular formula is C14H22N2O. The molecule has 0 aliphatic heterocycles. The Morgan fingerprint density at radius 1 is 1.41 bits per heavy atom. The summed E-state index contributed by atoms with van der Waals surface area (Å²) in [5.41, 5.74) is 7.21. The summed E-state index contributed by atoms with van der Waals surface area (Å²) < 4.78 is 5.71. The van der Waals surface area contributed by atoms with Crippen molar-refractivity contribution in [3.63, 3.8) is 0 Å². The minimum atomic E-state index is 0.0967. The molecule has 0 saturated heterocycles. The first kappa shape index (κ1) is 13.6. The van der Waals surface area contributed by atoms with Gasteiger partial charge in [-0.25, -0.2) is 0 Å². The van der Waals surface area contributed by atoms with E-state index < -0.39 is 0 Å². The fraction of sp³-hybridized carbons (Fsp3) is 0.500. The number of nitrogen functional groups attached to an aromatic ring is 1. The van der Waals surface area contributed by atoms with Crippen molar-refractivity contribution >= 4 is 5.84 Å². The van der Waals surface area contributed by atoms with Gasteiger partial charge in [0.05, 0.1) is 6.61 Å². The molecule has 0 aliphatic rings. The molecule has 0 aromatic heterocycles. The summed E-state index contributed by atoms with van der Waals surface area (Å²) in [5.74, 6) is 1.71. The van der Waals surface area contributed by atoms with E-state index in [-0.39, 0.29) is 5.84 Å². The molecule has 1 rings (SSSR count). The summed E-state index contributed by atoms with van der Waals surface area (Å²) in [5, 5.41) is 7.35. The van der Waals surface area contributed by atoms with Crippen molar-refractivity contribution in [2.24, 2.45) is 11.7 Å². The Bertz CT molecular complexity index is 386. The Morgan fingerprint density at radius 3 is 2.65 bits per heavy atom. The Labute approximate surface area is 103 Å². The van der Waals surface area contributed by atoms with Crippen LogP contribution in [0.15, 0.2) is 18.2 Å². The Kier molecular flexibility index (Phi) is 5.01. The van der Waals surface area contributed by atoms with Crippen molar-refractivity contribution in [2.45, 2.75) is 33.6 Å². The number of rotatable bonds is 6. The third kappa shape index (κ3) is 4.47. The first-order valence-corrected chi connectivity index (χ1v) is 6.08. The SMILES string of the molecule is Cc1cc(C(=N)N)ccc1OCCCC(C)C. The van der Waals surface area contributed by atoms with Crippen LogP contribution in [0.5, 0.6) is 5.75 Å². The Hall–Kier alpha value is -1.51. The van der Waals surface area contributed by atoms with Gasteiger partial charge in [0.2, 0.25) is 0 Å². The second-order valence-corrected chi connectivity index (χ2v) is 4.78. The number of benzene rings is 1. The molecule has 1 aromatic carbocycles. The quantitative estimate of drug-likeness (QED) is 0.451. The molecule has 0 unspecified atom stereocenters. The van der Waals surface area contributed by atoms with E-state index in [1.165, 1.54) is 6.42 Å². The minimum absolute atomic E-state index is 0.0967. The second-order valence-electron chi connectivity index (χ2n) is 4.78. The highest BCUT2D eigenvalue weighted by atomic mass is 16.5. The summed E-state index contributed by atoms with van der Waals surface area (Å²) in [4.78, 5) is 0. The maximum atomic E-state index is 7.35. The zero-order valence-corrected chi connectivity index (χ0v) is 10.9. The van der Waals surface area contributed by atoms with Crippen LogP contribution in [0.2, 0.25) is 0 Å². The number of nitrogens with one attached hydrogen (secondary N) is 1. The predicted octanol–water partition coefficient (Wildman–Crippen LogP) is 3.09. The molecule has 17 heavy (non-hydrogen) atoms. The molecular weight excluding hydrogens is 212 g/mol. The maximum Gasteiger partial charge on any atom is 0.122 e. The van der Waals surface area contributed by atoms with Crippen molar-refractivity contribution in [3.8, 4) is 5.75 Å². The van der Waals surface area contributed by atoms with Crippen molar-refractivity contribution in [2.75, 3.05) is 6.61 Å². The van der Waals surface area contributed by atoms with E-state index >= 15 is 0 Å². The van der Waals surface area contributed by atoms with Crippen LogP contribution in [0.1, 0.15) is 37.8 Å². The molecule has 94 valence electrons. The number of hydrogen-bond donors (Lipinski definition) is 2. The van der Waals surface area contributed by atoms with Gasteiger partial charge < -0.3 is 10.5 Å². The van der Waals surface area contributed by atoms with E-state index in [0.29, 0.717) is 0 Å². The number of amidine groups is 1. The highest BCUT2D eigenvalue weighted by Gasteiger charge is 2.03. The van der Waals surface area contributed by atoms with Crippen LogP contribution in [-0.2, 0) is 0 Å². The van der Waals surface area contributed by atoms with Crippen molar-refractivity contribution in [1.82, 2.24) is 0 Å². The molecule has 3 nitrogen and oxygen atoms in total. The average Bonchev–Trinajstić information content (AvgIpc) is 2.25. The van der Waals surface area contributed by atoms with E-state index in [2.05, 4.69) is 13.8 Å². The monoisotopic (exact) mass is 234 g/mol. The molecule has 0 amide bonds. The largest absolute Gasteiger partial charge is 0.493 e. The van der Waals surface area contributed by atoms with Gasteiger partial charge in [0.15, 0.2) is 0 Å². The number of aryl methyl sites for hydroxylation is 1. The first-order valence-electron chi connectivity index (χ1n) is 6.08. The summed E-state index contributed by atoms with van der Waals surface area (Å²) in [6, 6.07) is 5.61. The second kappa shape index (κ2) is 6.28. The van der Waals surface area contributed by atoms with E-state index in [9.17, 15) is 0 Å². The molecule has 0 atom stereocenters. The highest BCUT2D eigenvalue weighted by Crippen LogP contribution is 2.19. The normalized spacial score (nSPS) is 10.6. The van der Waals surface area contributed by atoms with E-state index in [4.69, 9.17) is 15.9 Å². The molecule has 0 radical (unpaired) electrons. The van der Waals surface area contributed by atoms with Gasteiger partial charge in [0.1, 0.15) is 11.6 Å².